The predicted molar refractivity (Wildman–Crippen MR) is 63.6 cm³/mol. The van der Waals surface area contributed by atoms with Gasteiger partial charge in [-0.05, 0) is 25.0 Å². The van der Waals surface area contributed by atoms with Crippen molar-refractivity contribution in [1.82, 2.24) is 0 Å². The van der Waals surface area contributed by atoms with E-state index in [0.717, 1.165) is 28.8 Å². The minimum Gasteiger partial charge on any atom is -0.490 e. The number of rotatable bonds is 4. The van der Waals surface area contributed by atoms with E-state index in [1.54, 1.807) is 0 Å². The van der Waals surface area contributed by atoms with Gasteiger partial charge in [-0.25, -0.2) is 0 Å². The topological polar surface area (TPSA) is 35.2 Å². The van der Waals surface area contributed by atoms with Gasteiger partial charge in [-0.2, -0.15) is 0 Å². The molecular weight excluding hydrogens is 242 g/mol. The lowest BCUT2D eigenvalue weighted by molar-refractivity contribution is 0.193. The Labute approximate surface area is 93.6 Å². The fourth-order valence-corrected chi connectivity index (χ4v) is 1.79. The Balaban J connectivity index is 2.75. The lowest BCUT2D eigenvalue weighted by Gasteiger charge is -2.16. The zero-order valence-corrected chi connectivity index (χ0v) is 10.2. The smallest absolute Gasteiger partial charge is 0.122 e. The number of hydrogen-bond acceptors (Lipinski definition) is 2. The summed E-state index contributed by atoms with van der Waals surface area (Å²) in [4.78, 5) is 0. The molecule has 0 heterocycles. The molecule has 78 valence electrons. The molecule has 0 spiro atoms. The maximum absolute atomic E-state index is 5.76. The van der Waals surface area contributed by atoms with Gasteiger partial charge in [0.2, 0.25) is 0 Å². The highest BCUT2D eigenvalue weighted by Gasteiger charge is 2.05. The van der Waals surface area contributed by atoms with E-state index in [9.17, 15) is 0 Å². The number of halogens is 1. The first-order chi connectivity index (χ1) is 6.65. The fraction of sp³-hybridized carbons (Fsp3) is 0.455. The maximum atomic E-state index is 5.76. The predicted octanol–water partition coefficient (Wildman–Crippen LogP) is 3.60. The molecule has 0 amide bonds. The molecule has 1 aromatic rings. The second-order valence-electron chi connectivity index (χ2n) is 3.28. The summed E-state index contributed by atoms with van der Waals surface area (Å²) in [6.45, 7) is 4.24. The van der Waals surface area contributed by atoms with Crippen LogP contribution in [0.15, 0.2) is 22.7 Å². The molecule has 0 aliphatic heterocycles. The van der Waals surface area contributed by atoms with Crippen molar-refractivity contribution >= 4 is 21.6 Å². The van der Waals surface area contributed by atoms with Crippen LogP contribution in [-0.4, -0.2) is 6.10 Å². The Morgan fingerprint density at radius 1 is 1.29 bits per heavy atom. The van der Waals surface area contributed by atoms with Crippen LogP contribution in [0, 0.1) is 0 Å². The van der Waals surface area contributed by atoms with Crippen molar-refractivity contribution in [2.24, 2.45) is 0 Å². The van der Waals surface area contributed by atoms with Gasteiger partial charge in [-0.15, -0.1) is 0 Å². The van der Waals surface area contributed by atoms with Crippen LogP contribution in [0.3, 0.4) is 0 Å². The zero-order valence-electron chi connectivity index (χ0n) is 8.59. The SMILES string of the molecule is CCC(CC)Oc1cc(N)cc(Br)c1. The van der Waals surface area contributed by atoms with Crippen LogP contribution < -0.4 is 10.5 Å². The van der Waals surface area contributed by atoms with Gasteiger partial charge in [0.1, 0.15) is 5.75 Å². The molecule has 0 saturated carbocycles. The summed E-state index contributed by atoms with van der Waals surface area (Å²) < 4.78 is 6.72. The highest BCUT2D eigenvalue weighted by atomic mass is 79.9. The normalized spacial score (nSPS) is 10.6. The largest absolute Gasteiger partial charge is 0.490 e. The molecule has 0 aliphatic rings. The van der Waals surface area contributed by atoms with E-state index in [1.165, 1.54) is 0 Å². The van der Waals surface area contributed by atoms with E-state index >= 15 is 0 Å². The highest BCUT2D eigenvalue weighted by molar-refractivity contribution is 9.10. The van der Waals surface area contributed by atoms with Crippen LogP contribution in [0.25, 0.3) is 0 Å². The second kappa shape index (κ2) is 5.25. The first-order valence-corrected chi connectivity index (χ1v) is 5.67. The maximum Gasteiger partial charge on any atom is 0.122 e. The summed E-state index contributed by atoms with van der Waals surface area (Å²) in [5.41, 5.74) is 6.43. The van der Waals surface area contributed by atoms with Crippen molar-refractivity contribution in [3.05, 3.63) is 22.7 Å². The summed E-state index contributed by atoms with van der Waals surface area (Å²) >= 11 is 3.39. The van der Waals surface area contributed by atoms with Crippen LogP contribution in [-0.2, 0) is 0 Å². The Kier molecular flexibility index (Phi) is 4.26. The van der Waals surface area contributed by atoms with Gasteiger partial charge in [-0.3, -0.25) is 0 Å². The van der Waals surface area contributed by atoms with E-state index in [1.807, 2.05) is 18.2 Å². The zero-order chi connectivity index (χ0) is 10.6. The average Bonchev–Trinajstić information content (AvgIpc) is 2.12. The third-order valence-electron chi connectivity index (χ3n) is 2.11. The molecule has 0 unspecified atom stereocenters. The number of anilines is 1. The molecule has 0 saturated heterocycles. The minimum atomic E-state index is 0.281. The van der Waals surface area contributed by atoms with Gasteiger partial charge >= 0.3 is 0 Å². The summed E-state index contributed by atoms with van der Waals surface area (Å²) in [6, 6.07) is 5.65. The molecule has 1 aromatic carbocycles. The number of hydrogen-bond donors (Lipinski definition) is 1. The number of ether oxygens (including phenoxy) is 1. The molecule has 0 bridgehead atoms. The third-order valence-corrected chi connectivity index (χ3v) is 2.56. The van der Waals surface area contributed by atoms with Crippen LogP contribution >= 0.6 is 15.9 Å². The van der Waals surface area contributed by atoms with Gasteiger partial charge in [0.15, 0.2) is 0 Å². The van der Waals surface area contributed by atoms with E-state index in [2.05, 4.69) is 29.8 Å². The van der Waals surface area contributed by atoms with Crippen molar-refractivity contribution in [2.75, 3.05) is 5.73 Å². The lowest BCUT2D eigenvalue weighted by atomic mass is 10.2. The molecule has 0 fully saturated rings. The number of benzene rings is 1. The monoisotopic (exact) mass is 257 g/mol. The molecule has 1 rings (SSSR count). The summed E-state index contributed by atoms with van der Waals surface area (Å²) in [7, 11) is 0. The standard InChI is InChI=1S/C11H16BrNO/c1-3-10(4-2)14-11-6-8(12)5-9(13)7-11/h5-7,10H,3-4,13H2,1-2H3. The summed E-state index contributed by atoms with van der Waals surface area (Å²) in [6.07, 6.45) is 2.31. The van der Waals surface area contributed by atoms with Crippen LogP contribution in [0.4, 0.5) is 5.69 Å². The van der Waals surface area contributed by atoms with E-state index < -0.39 is 0 Å². The van der Waals surface area contributed by atoms with Gasteiger partial charge in [0.25, 0.3) is 0 Å². The summed E-state index contributed by atoms with van der Waals surface area (Å²) in [5, 5.41) is 0. The average molecular weight is 258 g/mol. The van der Waals surface area contributed by atoms with E-state index in [4.69, 9.17) is 10.5 Å². The van der Waals surface area contributed by atoms with Gasteiger partial charge < -0.3 is 10.5 Å². The molecule has 2 nitrogen and oxygen atoms in total. The molecule has 0 aromatic heterocycles. The van der Waals surface area contributed by atoms with Crippen LogP contribution in [0.5, 0.6) is 5.75 Å². The first-order valence-electron chi connectivity index (χ1n) is 4.88. The Morgan fingerprint density at radius 2 is 1.93 bits per heavy atom. The van der Waals surface area contributed by atoms with Crippen molar-refractivity contribution in [3.63, 3.8) is 0 Å². The van der Waals surface area contributed by atoms with Crippen LogP contribution in [0.2, 0.25) is 0 Å². The van der Waals surface area contributed by atoms with Gasteiger partial charge in [0, 0.05) is 16.2 Å². The van der Waals surface area contributed by atoms with Gasteiger partial charge in [-0.1, -0.05) is 29.8 Å². The summed E-state index contributed by atoms with van der Waals surface area (Å²) in [5.74, 6) is 0.838. The van der Waals surface area contributed by atoms with E-state index in [0.29, 0.717) is 0 Å². The molecule has 14 heavy (non-hydrogen) atoms. The molecule has 0 atom stereocenters. The van der Waals surface area contributed by atoms with Crippen molar-refractivity contribution in [3.8, 4) is 5.75 Å². The second-order valence-corrected chi connectivity index (χ2v) is 4.19. The molecule has 2 N–H and O–H groups in total. The first kappa shape index (κ1) is 11.4. The Bertz CT molecular complexity index is 277. The van der Waals surface area contributed by atoms with Crippen molar-refractivity contribution < 1.29 is 4.74 Å². The van der Waals surface area contributed by atoms with Crippen LogP contribution in [0.1, 0.15) is 26.7 Å². The minimum absolute atomic E-state index is 0.281. The molecular formula is C11H16BrNO. The van der Waals surface area contributed by atoms with E-state index in [-0.39, 0.29) is 6.10 Å². The molecule has 0 aliphatic carbocycles. The van der Waals surface area contributed by atoms with Crippen molar-refractivity contribution in [1.29, 1.82) is 0 Å². The fourth-order valence-electron chi connectivity index (χ4n) is 1.30. The highest BCUT2D eigenvalue weighted by Crippen LogP contribution is 2.24. The molecule has 3 heteroatoms. The Morgan fingerprint density at radius 3 is 2.43 bits per heavy atom. The third kappa shape index (κ3) is 3.22. The van der Waals surface area contributed by atoms with Gasteiger partial charge in [0.05, 0.1) is 6.10 Å². The Hall–Kier alpha value is -0.700. The number of nitrogens with two attached hydrogens (primary N) is 1. The quantitative estimate of drug-likeness (QED) is 0.837. The lowest BCUT2D eigenvalue weighted by Crippen LogP contribution is -2.13. The number of nitrogen functional groups attached to an aromatic ring is 1. The van der Waals surface area contributed by atoms with Crippen molar-refractivity contribution in [2.45, 2.75) is 32.8 Å². The molecule has 0 radical (unpaired) electrons.